The summed E-state index contributed by atoms with van der Waals surface area (Å²) >= 11 is 0. The maximum absolute atomic E-state index is 10.4. The highest BCUT2D eigenvalue weighted by Crippen LogP contribution is 2.45. The first-order valence-corrected chi connectivity index (χ1v) is 19.2. The smallest absolute Gasteiger partial charge is 0.217 e. The molecule has 8 aromatic carbocycles. The van der Waals surface area contributed by atoms with E-state index < -0.39 is 0 Å². The van der Waals surface area contributed by atoms with E-state index in [1.54, 1.807) is 12.1 Å². The van der Waals surface area contributed by atoms with Crippen LogP contribution in [-0.2, 0) is 0 Å². The summed E-state index contributed by atoms with van der Waals surface area (Å²) in [7, 11) is 0. The van der Waals surface area contributed by atoms with Gasteiger partial charge < -0.3 is 18.0 Å². The molecule has 0 fully saturated rings. The Morgan fingerprint density at radius 3 is 1.52 bits per heavy atom. The molecule has 60 heavy (non-hydrogen) atoms. The number of rotatable bonds is 3. The first kappa shape index (κ1) is 33.1. The normalized spacial score (nSPS) is 11.6. The van der Waals surface area contributed by atoms with E-state index in [0.29, 0.717) is 33.9 Å². The van der Waals surface area contributed by atoms with Gasteiger partial charge >= 0.3 is 0 Å². The molecule has 274 valence electrons. The summed E-state index contributed by atoms with van der Waals surface area (Å²) in [4.78, 5) is 7.54. The highest BCUT2D eigenvalue weighted by atomic mass is 16.3. The average Bonchev–Trinajstić information content (AvgIpc) is 4.03. The van der Waals surface area contributed by atoms with Crippen LogP contribution < -0.4 is 0 Å². The maximum atomic E-state index is 10.4. The van der Waals surface area contributed by atoms with Gasteiger partial charge in [-0.3, -0.25) is 4.85 Å². The number of aromatic nitrogens is 2. The lowest BCUT2D eigenvalue weighted by molar-refractivity contribution is 0.669. The summed E-state index contributed by atoms with van der Waals surface area (Å²) < 4.78 is 16.8. The molecular formula is C52H24N6O2. The Balaban J connectivity index is 1.15. The van der Waals surface area contributed by atoms with E-state index in [0.717, 1.165) is 98.6 Å². The van der Waals surface area contributed by atoms with Crippen LogP contribution in [0.3, 0.4) is 0 Å². The molecule has 12 rings (SSSR count). The van der Waals surface area contributed by atoms with Crippen molar-refractivity contribution in [2.24, 2.45) is 0 Å². The topological polar surface area (TPSA) is 92.4 Å². The van der Waals surface area contributed by atoms with E-state index in [2.05, 4.69) is 91.6 Å². The molecule has 0 amide bonds. The lowest BCUT2D eigenvalue weighted by Gasteiger charge is -2.12. The van der Waals surface area contributed by atoms with Crippen LogP contribution in [0.4, 0.5) is 11.4 Å². The van der Waals surface area contributed by atoms with Gasteiger partial charge in [-0.1, -0.05) is 72.8 Å². The monoisotopic (exact) mass is 764 g/mol. The summed E-state index contributed by atoms with van der Waals surface area (Å²) in [6, 6.07) is 52.4. The van der Waals surface area contributed by atoms with E-state index >= 15 is 0 Å². The number of nitrogens with zero attached hydrogens (tertiary/aromatic N) is 6. The van der Waals surface area contributed by atoms with Crippen LogP contribution >= 0.6 is 0 Å². The Labute approximate surface area is 340 Å². The van der Waals surface area contributed by atoms with Crippen LogP contribution in [0, 0.1) is 35.8 Å². The van der Waals surface area contributed by atoms with Crippen LogP contribution in [0.1, 0.15) is 11.1 Å². The molecule has 0 N–H and O–H groups in total. The van der Waals surface area contributed by atoms with E-state index in [9.17, 15) is 10.5 Å². The molecule has 0 aliphatic rings. The van der Waals surface area contributed by atoms with Gasteiger partial charge in [0.05, 0.1) is 52.0 Å². The number of fused-ring (bicyclic) bond motifs is 12. The first-order valence-electron chi connectivity index (χ1n) is 19.2. The van der Waals surface area contributed by atoms with Crippen molar-refractivity contribution in [2.75, 3.05) is 0 Å². The molecule has 0 atom stereocenters. The number of nitriles is 2. The molecule has 4 heterocycles. The molecule has 0 spiro atoms. The zero-order valence-corrected chi connectivity index (χ0v) is 31.4. The molecule has 0 bridgehead atoms. The minimum atomic E-state index is 0.293. The fourth-order valence-electron chi connectivity index (χ4n) is 9.20. The third kappa shape index (κ3) is 4.45. The fourth-order valence-corrected chi connectivity index (χ4v) is 9.20. The zero-order valence-electron chi connectivity index (χ0n) is 31.4. The summed E-state index contributed by atoms with van der Waals surface area (Å²) in [6.07, 6.45) is 0. The maximum Gasteiger partial charge on any atom is 0.217 e. The Kier molecular flexibility index (Phi) is 6.73. The Morgan fingerprint density at radius 2 is 0.967 bits per heavy atom. The second-order valence-corrected chi connectivity index (χ2v) is 14.9. The third-order valence-corrected chi connectivity index (χ3v) is 11.8. The minimum Gasteiger partial charge on any atom is -0.456 e. The van der Waals surface area contributed by atoms with Gasteiger partial charge in [0.25, 0.3) is 0 Å². The molecule has 0 saturated carbocycles. The molecule has 12 aromatic rings. The third-order valence-electron chi connectivity index (χ3n) is 11.8. The summed E-state index contributed by atoms with van der Waals surface area (Å²) in [5, 5.41) is 28.3. The van der Waals surface area contributed by atoms with Crippen LogP contribution in [-0.4, -0.2) is 9.13 Å². The number of hydrogen-bond donors (Lipinski definition) is 0. The van der Waals surface area contributed by atoms with Crippen molar-refractivity contribution in [1.82, 2.24) is 9.13 Å². The van der Waals surface area contributed by atoms with Gasteiger partial charge in [-0.25, -0.2) is 4.85 Å². The van der Waals surface area contributed by atoms with Gasteiger partial charge in [0, 0.05) is 60.9 Å². The lowest BCUT2D eigenvalue weighted by Crippen LogP contribution is -1.99. The van der Waals surface area contributed by atoms with Gasteiger partial charge in [0.15, 0.2) is 5.69 Å². The first-order chi connectivity index (χ1) is 29.6. The predicted octanol–water partition coefficient (Wildman–Crippen LogP) is 14.2. The van der Waals surface area contributed by atoms with Crippen LogP contribution in [0.25, 0.3) is 120 Å². The van der Waals surface area contributed by atoms with E-state index in [-0.39, 0.29) is 0 Å². The number of furan rings is 2. The SMILES string of the molecule is [C-]#[N+]c1cccc(-n2c3ccc(-c4ccc5c(c4)c4cc6c(cc4n5-c4cccc(C#N)c4C#N)oc4ccccc46)cc3c3cc4c(cc32)oc2ccccc24)c1[N+]#[C-]. The highest BCUT2D eigenvalue weighted by Gasteiger charge is 2.23. The molecule has 0 unspecified atom stereocenters. The quantitative estimate of drug-likeness (QED) is 0.167. The Hall–Kier alpha value is -9.08. The standard InChI is InChI=1S/C52H24N6O2/c1-55-41-12-8-14-45(52(41)56-2)58-44-20-18-30(22-35(44)37-24-39-33-11-4-6-16-49(33)60-51(39)26-47(37)58)29-17-19-43-34(21-29)36-23-38-32-10-3-5-15-48(32)59-50(38)25-46(36)57(43)42-13-7-9-31(27-53)40(42)28-54/h3-26H. The van der Waals surface area contributed by atoms with Crippen molar-refractivity contribution in [3.63, 3.8) is 0 Å². The van der Waals surface area contributed by atoms with Crippen LogP contribution in [0.15, 0.2) is 154 Å². The van der Waals surface area contributed by atoms with E-state index in [1.165, 1.54) is 0 Å². The number of benzene rings is 8. The lowest BCUT2D eigenvalue weighted by atomic mass is 10.00. The Morgan fingerprint density at radius 1 is 0.433 bits per heavy atom. The second-order valence-electron chi connectivity index (χ2n) is 14.9. The van der Waals surface area contributed by atoms with Crippen LogP contribution in [0.2, 0.25) is 0 Å². The van der Waals surface area contributed by atoms with Crippen LogP contribution in [0.5, 0.6) is 0 Å². The van der Waals surface area contributed by atoms with Gasteiger partial charge in [0.2, 0.25) is 5.69 Å². The summed E-state index contributed by atoms with van der Waals surface area (Å²) in [5.41, 5.74) is 11.0. The highest BCUT2D eigenvalue weighted by molar-refractivity contribution is 6.20. The van der Waals surface area contributed by atoms with E-state index in [1.807, 2.05) is 72.8 Å². The van der Waals surface area contributed by atoms with Crippen molar-refractivity contribution in [2.45, 2.75) is 0 Å². The largest absolute Gasteiger partial charge is 0.456 e. The second kappa shape index (κ2) is 12.2. The van der Waals surface area contributed by atoms with Crippen molar-refractivity contribution in [3.8, 4) is 34.6 Å². The average molecular weight is 765 g/mol. The van der Waals surface area contributed by atoms with Crippen molar-refractivity contribution in [1.29, 1.82) is 10.5 Å². The molecule has 0 aliphatic carbocycles. The molecule has 4 aromatic heterocycles. The number of hydrogen-bond acceptors (Lipinski definition) is 4. The molecule has 0 saturated heterocycles. The molecule has 8 nitrogen and oxygen atoms in total. The molecule has 8 heteroatoms. The summed E-state index contributed by atoms with van der Waals surface area (Å²) in [5.74, 6) is 0. The van der Waals surface area contributed by atoms with Crippen molar-refractivity contribution < 1.29 is 8.83 Å². The molecule has 0 radical (unpaired) electrons. The van der Waals surface area contributed by atoms with Gasteiger partial charge in [-0.15, -0.1) is 0 Å². The Bertz CT molecular complexity index is 3810. The molecular weight excluding hydrogens is 741 g/mol. The van der Waals surface area contributed by atoms with E-state index in [4.69, 9.17) is 22.0 Å². The predicted molar refractivity (Wildman–Crippen MR) is 237 cm³/mol. The van der Waals surface area contributed by atoms with Crippen molar-refractivity contribution in [3.05, 3.63) is 180 Å². The molecule has 0 aliphatic heterocycles. The van der Waals surface area contributed by atoms with Gasteiger partial charge in [-0.2, -0.15) is 10.5 Å². The van der Waals surface area contributed by atoms with Gasteiger partial charge in [-0.05, 0) is 71.8 Å². The zero-order chi connectivity index (χ0) is 40.2. The van der Waals surface area contributed by atoms with Gasteiger partial charge in [0.1, 0.15) is 34.5 Å². The number of para-hydroxylation sites is 3. The summed E-state index contributed by atoms with van der Waals surface area (Å²) in [6.45, 7) is 15.9. The fraction of sp³-hybridized carbons (Fsp3) is 0. The minimum absolute atomic E-state index is 0.293. The van der Waals surface area contributed by atoms with Crippen molar-refractivity contribution >= 4 is 98.9 Å².